The van der Waals surface area contributed by atoms with Gasteiger partial charge in [0.05, 0.1) is 11.7 Å². The quantitative estimate of drug-likeness (QED) is 0.716. The molecule has 122 valence electrons. The Bertz CT molecular complexity index is 414. The molecular formula is C17H33N3O. The molecule has 0 aliphatic heterocycles. The molecule has 0 aromatic carbocycles. The number of nitrogens with one attached hydrogen (secondary N) is 1. The van der Waals surface area contributed by atoms with E-state index in [0.717, 1.165) is 38.8 Å². The summed E-state index contributed by atoms with van der Waals surface area (Å²) in [6, 6.07) is 0.760. The lowest BCUT2D eigenvalue weighted by molar-refractivity contribution is 0.178. The van der Waals surface area contributed by atoms with E-state index in [2.05, 4.69) is 44.6 Å². The summed E-state index contributed by atoms with van der Waals surface area (Å²) >= 11 is 0. The van der Waals surface area contributed by atoms with Crippen LogP contribution >= 0.6 is 0 Å². The molecule has 1 rings (SSSR count). The fourth-order valence-corrected chi connectivity index (χ4v) is 2.89. The van der Waals surface area contributed by atoms with E-state index < -0.39 is 0 Å². The molecule has 0 saturated carbocycles. The number of hydrogen-bond acceptors (Lipinski definition) is 3. The van der Waals surface area contributed by atoms with Crippen molar-refractivity contribution in [1.29, 1.82) is 0 Å². The highest BCUT2D eigenvalue weighted by Gasteiger charge is 2.22. The standard InChI is InChI=1S/C17H33N3O/c1-7-11-18-14(5)17-15(8-2)19-20(16(17)9-3)13(4)10-12-21-6/h13-14,18H,7-12H2,1-6H3. The molecule has 21 heavy (non-hydrogen) atoms. The average molecular weight is 295 g/mol. The largest absolute Gasteiger partial charge is 0.385 e. The van der Waals surface area contributed by atoms with Gasteiger partial charge in [-0.15, -0.1) is 0 Å². The second kappa shape index (κ2) is 9.21. The Labute approximate surface area is 130 Å². The monoisotopic (exact) mass is 295 g/mol. The lowest BCUT2D eigenvalue weighted by atomic mass is 10.0. The molecule has 1 aromatic heterocycles. The maximum absolute atomic E-state index is 5.22. The van der Waals surface area contributed by atoms with E-state index in [0.29, 0.717) is 12.1 Å². The summed E-state index contributed by atoms with van der Waals surface area (Å²) in [5, 5.41) is 8.52. The third-order valence-corrected chi connectivity index (χ3v) is 4.09. The van der Waals surface area contributed by atoms with Crippen LogP contribution in [0.4, 0.5) is 0 Å². The first-order chi connectivity index (χ1) is 10.1. The van der Waals surface area contributed by atoms with Crippen molar-refractivity contribution in [2.45, 2.75) is 72.4 Å². The van der Waals surface area contributed by atoms with Gasteiger partial charge in [-0.05, 0) is 46.1 Å². The second-order valence-electron chi connectivity index (χ2n) is 5.77. The van der Waals surface area contributed by atoms with Crippen LogP contribution in [0.5, 0.6) is 0 Å². The van der Waals surface area contributed by atoms with Crippen molar-refractivity contribution in [3.05, 3.63) is 17.0 Å². The number of aromatic nitrogens is 2. The van der Waals surface area contributed by atoms with Crippen LogP contribution in [0.3, 0.4) is 0 Å². The van der Waals surface area contributed by atoms with E-state index in [1.54, 1.807) is 7.11 Å². The van der Waals surface area contributed by atoms with Gasteiger partial charge in [0.1, 0.15) is 0 Å². The molecule has 4 nitrogen and oxygen atoms in total. The molecule has 1 N–H and O–H groups in total. The van der Waals surface area contributed by atoms with E-state index in [-0.39, 0.29) is 0 Å². The normalized spacial score (nSPS) is 14.4. The molecule has 1 heterocycles. The van der Waals surface area contributed by atoms with Gasteiger partial charge in [-0.1, -0.05) is 20.8 Å². The second-order valence-corrected chi connectivity index (χ2v) is 5.77. The van der Waals surface area contributed by atoms with Crippen LogP contribution in [0, 0.1) is 0 Å². The Morgan fingerprint density at radius 1 is 1.19 bits per heavy atom. The zero-order valence-corrected chi connectivity index (χ0v) is 14.7. The molecule has 0 aliphatic carbocycles. The van der Waals surface area contributed by atoms with Crippen LogP contribution in [-0.2, 0) is 17.6 Å². The zero-order valence-electron chi connectivity index (χ0n) is 14.7. The van der Waals surface area contributed by atoms with Gasteiger partial charge >= 0.3 is 0 Å². The van der Waals surface area contributed by atoms with Gasteiger partial charge in [-0.25, -0.2) is 0 Å². The van der Waals surface area contributed by atoms with E-state index in [9.17, 15) is 0 Å². The smallest absolute Gasteiger partial charge is 0.0672 e. The van der Waals surface area contributed by atoms with Crippen LogP contribution < -0.4 is 5.32 Å². The summed E-state index contributed by atoms with van der Waals surface area (Å²) in [4.78, 5) is 0. The van der Waals surface area contributed by atoms with Crippen LogP contribution in [0.15, 0.2) is 0 Å². The summed E-state index contributed by atoms with van der Waals surface area (Å²) in [7, 11) is 1.76. The van der Waals surface area contributed by atoms with Gasteiger partial charge in [0.15, 0.2) is 0 Å². The average Bonchev–Trinajstić information content (AvgIpc) is 2.88. The molecule has 0 aliphatic rings. The van der Waals surface area contributed by atoms with Gasteiger partial charge < -0.3 is 10.1 Å². The Morgan fingerprint density at radius 3 is 2.43 bits per heavy atom. The fraction of sp³-hybridized carbons (Fsp3) is 0.824. The van der Waals surface area contributed by atoms with Crippen molar-refractivity contribution in [3.63, 3.8) is 0 Å². The molecule has 0 bridgehead atoms. The predicted octanol–water partition coefficient (Wildman–Crippen LogP) is 3.67. The summed E-state index contributed by atoms with van der Waals surface area (Å²) in [5.41, 5.74) is 4.04. The number of nitrogens with zero attached hydrogens (tertiary/aromatic N) is 2. The van der Waals surface area contributed by atoms with Crippen molar-refractivity contribution in [1.82, 2.24) is 15.1 Å². The summed E-state index contributed by atoms with van der Waals surface area (Å²) in [6.45, 7) is 13.0. The molecule has 2 atom stereocenters. The Hall–Kier alpha value is -0.870. The van der Waals surface area contributed by atoms with Gasteiger partial charge in [-0.3, -0.25) is 4.68 Å². The van der Waals surface area contributed by atoms with E-state index >= 15 is 0 Å². The maximum Gasteiger partial charge on any atom is 0.0672 e. The van der Waals surface area contributed by atoms with Crippen LogP contribution in [0.2, 0.25) is 0 Å². The minimum atomic E-state index is 0.373. The lowest BCUT2D eigenvalue weighted by Crippen LogP contribution is -2.21. The molecule has 1 aromatic rings. The Kier molecular flexibility index (Phi) is 7.97. The number of rotatable bonds is 10. The Balaban J connectivity index is 3.08. The van der Waals surface area contributed by atoms with Crippen molar-refractivity contribution in [2.75, 3.05) is 20.3 Å². The summed E-state index contributed by atoms with van der Waals surface area (Å²) in [5.74, 6) is 0. The number of methoxy groups -OCH3 is 1. The first-order valence-corrected chi connectivity index (χ1v) is 8.42. The third kappa shape index (κ3) is 4.55. The molecule has 0 spiro atoms. The van der Waals surface area contributed by atoms with Gasteiger partial charge in [0.2, 0.25) is 0 Å². The molecule has 4 heteroatoms. The predicted molar refractivity (Wildman–Crippen MR) is 88.9 cm³/mol. The SMILES string of the molecule is CCCNC(C)c1c(CC)nn(C(C)CCOC)c1CC. The van der Waals surface area contributed by atoms with E-state index in [1.807, 2.05) is 0 Å². The summed E-state index contributed by atoms with van der Waals surface area (Å²) in [6.07, 6.45) is 4.18. The van der Waals surface area contributed by atoms with Crippen molar-refractivity contribution >= 4 is 0 Å². The van der Waals surface area contributed by atoms with Gasteiger partial charge in [0, 0.05) is 31.0 Å². The Morgan fingerprint density at radius 2 is 1.90 bits per heavy atom. The number of aryl methyl sites for hydroxylation is 1. The molecular weight excluding hydrogens is 262 g/mol. The van der Waals surface area contributed by atoms with Gasteiger partial charge in [0.25, 0.3) is 0 Å². The number of hydrogen-bond donors (Lipinski definition) is 1. The van der Waals surface area contributed by atoms with Crippen LogP contribution in [0.1, 0.15) is 76.5 Å². The zero-order chi connectivity index (χ0) is 15.8. The minimum Gasteiger partial charge on any atom is -0.385 e. The lowest BCUT2D eigenvalue weighted by Gasteiger charge is -2.18. The van der Waals surface area contributed by atoms with E-state index in [1.165, 1.54) is 17.0 Å². The highest BCUT2D eigenvalue weighted by Crippen LogP contribution is 2.27. The molecule has 0 fully saturated rings. The van der Waals surface area contributed by atoms with E-state index in [4.69, 9.17) is 9.84 Å². The van der Waals surface area contributed by atoms with Crippen LogP contribution in [0.25, 0.3) is 0 Å². The van der Waals surface area contributed by atoms with Crippen molar-refractivity contribution < 1.29 is 4.74 Å². The summed E-state index contributed by atoms with van der Waals surface area (Å²) < 4.78 is 7.45. The topological polar surface area (TPSA) is 39.1 Å². The molecule has 0 amide bonds. The van der Waals surface area contributed by atoms with Gasteiger partial charge in [-0.2, -0.15) is 5.10 Å². The molecule has 0 saturated heterocycles. The van der Waals surface area contributed by atoms with Crippen molar-refractivity contribution in [3.8, 4) is 0 Å². The fourth-order valence-electron chi connectivity index (χ4n) is 2.89. The highest BCUT2D eigenvalue weighted by atomic mass is 16.5. The maximum atomic E-state index is 5.22. The molecule has 2 unspecified atom stereocenters. The number of ether oxygens (including phenoxy) is 1. The van der Waals surface area contributed by atoms with Crippen LogP contribution in [-0.4, -0.2) is 30.0 Å². The third-order valence-electron chi connectivity index (χ3n) is 4.09. The first kappa shape index (κ1) is 18.2. The molecule has 0 radical (unpaired) electrons. The highest BCUT2D eigenvalue weighted by molar-refractivity contribution is 5.30. The first-order valence-electron chi connectivity index (χ1n) is 8.42. The minimum absolute atomic E-state index is 0.373. The van der Waals surface area contributed by atoms with Crippen molar-refractivity contribution in [2.24, 2.45) is 0 Å².